The number of hydrogen-bond acceptors (Lipinski definition) is 7. The molecule has 0 radical (unpaired) electrons. The quantitative estimate of drug-likeness (QED) is 0.680. The molecule has 0 spiro atoms. The molecule has 9 heteroatoms. The lowest BCUT2D eigenvalue weighted by atomic mass is 9.97. The Morgan fingerprint density at radius 1 is 1.40 bits per heavy atom. The van der Waals surface area contributed by atoms with E-state index in [2.05, 4.69) is 21.4 Å². The molecule has 1 aromatic heterocycles. The minimum Gasteiger partial charge on any atom is -0.369 e. The predicted octanol–water partition coefficient (Wildman–Crippen LogP) is 1.73. The van der Waals surface area contributed by atoms with Crippen LogP contribution >= 0.6 is 0 Å². The molecule has 0 unspecified atom stereocenters. The van der Waals surface area contributed by atoms with Crippen LogP contribution in [-0.4, -0.2) is 54.0 Å². The molecule has 0 aliphatic carbocycles. The van der Waals surface area contributed by atoms with Crippen LogP contribution in [0.3, 0.4) is 0 Å². The normalized spacial score (nSPS) is 14.8. The molecule has 0 bridgehead atoms. The number of amides is 1. The molecule has 2 aromatic rings. The smallest absolute Gasteiger partial charge is 0.231 e. The van der Waals surface area contributed by atoms with Gasteiger partial charge in [0.1, 0.15) is 6.33 Å². The summed E-state index contributed by atoms with van der Waals surface area (Å²) in [6.45, 7) is 2.91. The zero-order valence-electron chi connectivity index (χ0n) is 17.0. The molecule has 3 N–H and O–H groups in total. The van der Waals surface area contributed by atoms with Crippen molar-refractivity contribution in [2.45, 2.75) is 19.4 Å². The maximum atomic E-state index is 15.0. The van der Waals surface area contributed by atoms with Crippen LogP contribution in [0.15, 0.2) is 30.6 Å². The standard InChI is InChI=1S/C21H26FN7O/c1-28(12-17-4-2-3-16(9-17)10-23)21-19(22)20(26-14-27-21)25-11-15-5-7-29(8-6-15)13-18(24)30/h2-4,9,14-15H,5-8,11-13H2,1H3,(H2,24,30)(H,25,26,27). The van der Waals surface area contributed by atoms with Crippen LogP contribution in [0, 0.1) is 23.1 Å². The Bertz CT molecular complexity index is 922. The fraction of sp³-hybridized carbons (Fsp3) is 0.429. The first-order valence-electron chi connectivity index (χ1n) is 9.91. The number of primary amides is 1. The molecule has 1 fully saturated rings. The third-order valence-corrected chi connectivity index (χ3v) is 5.25. The van der Waals surface area contributed by atoms with Crippen molar-refractivity contribution < 1.29 is 9.18 Å². The number of aromatic nitrogens is 2. The summed E-state index contributed by atoms with van der Waals surface area (Å²) in [4.78, 5) is 22.9. The van der Waals surface area contributed by atoms with Gasteiger partial charge in [-0.15, -0.1) is 0 Å². The number of likely N-dealkylation sites (tertiary alicyclic amines) is 1. The van der Waals surface area contributed by atoms with Gasteiger partial charge in [0.15, 0.2) is 11.6 Å². The van der Waals surface area contributed by atoms with E-state index in [1.54, 1.807) is 30.1 Å². The minimum atomic E-state index is -0.498. The van der Waals surface area contributed by atoms with Crippen molar-refractivity contribution in [1.29, 1.82) is 5.26 Å². The van der Waals surface area contributed by atoms with Gasteiger partial charge in [0.05, 0.1) is 18.2 Å². The number of piperidine rings is 1. The monoisotopic (exact) mass is 411 g/mol. The molecule has 0 atom stereocenters. The molecule has 1 aliphatic heterocycles. The van der Waals surface area contributed by atoms with Crippen LogP contribution in [0.2, 0.25) is 0 Å². The lowest BCUT2D eigenvalue weighted by molar-refractivity contribution is -0.119. The van der Waals surface area contributed by atoms with Gasteiger partial charge in [-0.1, -0.05) is 12.1 Å². The van der Waals surface area contributed by atoms with E-state index in [1.165, 1.54) is 6.33 Å². The maximum absolute atomic E-state index is 15.0. The van der Waals surface area contributed by atoms with Gasteiger partial charge in [-0.25, -0.2) is 9.97 Å². The molecule has 1 saturated heterocycles. The van der Waals surface area contributed by atoms with Crippen LogP contribution in [0.5, 0.6) is 0 Å². The summed E-state index contributed by atoms with van der Waals surface area (Å²) in [7, 11) is 1.75. The predicted molar refractivity (Wildman–Crippen MR) is 112 cm³/mol. The second kappa shape index (κ2) is 9.98. The third-order valence-electron chi connectivity index (χ3n) is 5.25. The zero-order valence-corrected chi connectivity index (χ0v) is 17.0. The topological polar surface area (TPSA) is 111 Å². The van der Waals surface area contributed by atoms with Crippen molar-refractivity contribution in [3.63, 3.8) is 0 Å². The fourth-order valence-corrected chi connectivity index (χ4v) is 3.65. The summed E-state index contributed by atoms with van der Waals surface area (Å²) in [5.74, 6) is -0.0602. The van der Waals surface area contributed by atoms with E-state index in [0.29, 0.717) is 24.6 Å². The van der Waals surface area contributed by atoms with Crippen LogP contribution in [-0.2, 0) is 11.3 Å². The van der Waals surface area contributed by atoms with Crippen molar-refractivity contribution in [2.75, 3.05) is 43.4 Å². The first kappa shape index (κ1) is 21.5. The summed E-state index contributed by atoms with van der Waals surface area (Å²) >= 11 is 0. The van der Waals surface area contributed by atoms with E-state index in [0.717, 1.165) is 31.5 Å². The number of nitrogens with one attached hydrogen (secondary N) is 1. The van der Waals surface area contributed by atoms with Gasteiger partial charge in [-0.05, 0) is 49.5 Å². The Hall–Kier alpha value is -3.25. The number of anilines is 2. The number of benzene rings is 1. The molecule has 1 aliphatic rings. The number of rotatable bonds is 8. The molecule has 1 aromatic carbocycles. The molecule has 2 heterocycles. The van der Waals surface area contributed by atoms with E-state index in [-0.39, 0.29) is 24.1 Å². The van der Waals surface area contributed by atoms with Crippen LogP contribution in [0.4, 0.5) is 16.0 Å². The van der Waals surface area contributed by atoms with Crippen molar-refractivity contribution >= 4 is 17.5 Å². The van der Waals surface area contributed by atoms with E-state index in [1.807, 2.05) is 11.0 Å². The van der Waals surface area contributed by atoms with E-state index in [4.69, 9.17) is 11.0 Å². The summed E-state index contributed by atoms with van der Waals surface area (Å²) in [6.07, 6.45) is 3.17. The molecular weight excluding hydrogens is 385 g/mol. The van der Waals surface area contributed by atoms with Crippen molar-refractivity contribution in [3.8, 4) is 6.07 Å². The molecule has 3 rings (SSSR count). The van der Waals surface area contributed by atoms with E-state index >= 15 is 0 Å². The SMILES string of the molecule is CN(Cc1cccc(C#N)c1)c1ncnc(NCC2CCN(CC(N)=O)CC2)c1F. The number of hydrogen-bond donors (Lipinski definition) is 2. The Kier molecular flexibility index (Phi) is 7.14. The fourth-order valence-electron chi connectivity index (χ4n) is 3.65. The Morgan fingerprint density at radius 2 is 2.17 bits per heavy atom. The molecule has 30 heavy (non-hydrogen) atoms. The van der Waals surface area contributed by atoms with Crippen molar-refractivity contribution in [3.05, 3.63) is 47.5 Å². The summed E-state index contributed by atoms with van der Waals surface area (Å²) in [6, 6.07) is 9.31. The highest BCUT2D eigenvalue weighted by molar-refractivity contribution is 5.75. The Labute approximate surface area is 175 Å². The highest BCUT2D eigenvalue weighted by Gasteiger charge is 2.21. The van der Waals surface area contributed by atoms with Gasteiger partial charge in [0.25, 0.3) is 0 Å². The van der Waals surface area contributed by atoms with Crippen LogP contribution in [0.1, 0.15) is 24.0 Å². The van der Waals surface area contributed by atoms with Gasteiger partial charge in [0, 0.05) is 20.1 Å². The summed E-state index contributed by atoms with van der Waals surface area (Å²) < 4.78 is 15.0. The lowest BCUT2D eigenvalue weighted by Gasteiger charge is -2.31. The highest BCUT2D eigenvalue weighted by Crippen LogP contribution is 2.23. The Morgan fingerprint density at radius 3 is 2.87 bits per heavy atom. The third kappa shape index (κ3) is 5.64. The summed E-state index contributed by atoms with van der Waals surface area (Å²) in [5.41, 5.74) is 6.70. The van der Waals surface area contributed by atoms with Gasteiger partial charge < -0.3 is 16.0 Å². The number of nitrogens with zero attached hydrogens (tertiary/aromatic N) is 5. The van der Waals surface area contributed by atoms with Crippen molar-refractivity contribution in [2.24, 2.45) is 11.7 Å². The lowest BCUT2D eigenvalue weighted by Crippen LogP contribution is -2.40. The second-order valence-corrected chi connectivity index (χ2v) is 7.59. The zero-order chi connectivity index (χ0) is 21.5. The second-order valence-electron chi connectivity index (χ2n) is 7.59. The Balaban J connectivity index is 1.58. The highest BCUT2D eigenvalue weighted by atomic mass is 19.1. The number of halogens is 1. The minimum absolute atomic E-state index is 0.178. The van der Waals surface area contributed by atoms with Crippen LogP contribution in [0.25, 0.3) is 0 Å². The van der Waals surface area contributed by atoms with Gasteiger partial charge in [-0.3, -0.25) is 9.69 Å². The maximum Gasteiger partial charge on any atom is 0.231 e. The number of carbonyl (C=O) groups is 1. The molecule has 158 valence electrons. The molecule has 0 saturated carbocycles. The van der Waals surface area contributed by atoms with Gasteiger partial charge in [0.2, 0.25) is 11.7 Å². The average molecular weight is 411 g/mol. The van der Waals surface area contributed by atoms with Crippen LogP contribution < -0.4 is 16.0 Å². The summed E-state index contributed by atoms with van der Waals surface area (Å²) in [5, 5.41) is 12.1. The first-order chi connectivity index (χ1) is 14.5. The van der Waals surface area contributed by atoms with Gasteiger partial charge >= 0.3 is 0 Å². The average Bonchev–Trinajstić information content (AvgIpc) is 2.73. The number of nitrogens with two attached hydrogens (primary N) is 1. The number of nitriles is 1. The van der Waals surface area contributed by atoms with Crippen molar-refractivity contribution in [1.82, 2.24) is 14.9 Å². The number of carbonyl (C=O) groups excluding carboxylic acids is 1. The van der Waals surface area contributed by atoms with E-state index in [9.17, 15) is 9.18 Å². The molecule has 8 nitrogen and oxygen atoms in total. The molecule has 1 amide bonds. The largest absolute Gasteiger partial charge is 0.369 e. The molecular formula is C21H26FN7O. The first-order valence-corrected chi connectivity index (χ1v) is 9.91. The van der Waals surface area contributed by atoms with E-state index < -0.39 is 5.82 Å². The van der Waals surface area contributed by atoms with Gasteiger partial charge in [-0.2, -0.15) is 9.65 Å².